The lowest BCUT2D eigenvalue weighted by molar-refractivity contribution is 0.210. The van der Waals surface area contributed by atoms with E-state index in [0.717, 1.165) is 31.2 Å². The van der Waals surface area contributed by atoms with E-state index in [4.69, 9.17) is 4.74 Å². The number of anilines is 1. The Morgan fingerprint density at radius 2 is 2.17 bits per heavy atom. The van der Waals surface area contributed by atoms with Crippen molar-refractivity contribution in [2.24, 2.45) is 5.41 Å². The predicted octanol–water partition coefficient (Wildman–Crippen LogP) is 2.28. The molecule has 2 heterocycles. The van der Waals surface area contributed by atoms with Gasteiger partial charge >= 0.3 is 0 Å². The Kier molecular flexibility index (Phi) is 4.42. The number of methoxy groups -OCH3 is 1. The molecule has 0 aliphatic carbocycles. The predicted molar refractivity (Wildman–Crippen MR) is 74.1 cm³/mol. The lowest BCUT2D eigenvalue weighted by Gasteiger charge is -2.37. The maximum atomic E-state index is 5.11. The van der Waals surface area contributed by atoms with Gasteiger partial charge in [-0.15, -0.1) is 0 Å². The summed E-state index contributed by atoms with van der Waals surface area (Å²) < 4.78 is 5.11. The van der Waals surface area contributed by atoms with E-state index in [2.05, 4.69) is 22.5 Å². The molecule has 4 heteroatoms. The highest BCUT2D eigenvalue weighted by molar-refractivity contribution is 5.37. The highest BCUT2D eigenvalue weighted by Crippen LogP contribution is 2.32. The number of hydrogen-bond donors (Lipinski definition) is 2. The number of ether oxygens (including phenoxy) is 1. The van der Waals surface area contributed by atoms with Gasteiger partial charge in [-0.05, 0) is 49.9 Å². The van der Waals surface area contributed by atoms with E-state index in [1.807, 2.05) is 12.1 Å². The molecule has 1 saturated heterocycles. The Morgan fingerprint density at radius 1 is 1.39 bits per heavy atom. The van der Waals surface area contributed by atoms with Crippen LogP contribution in [0.25, 0.3) is 0 Å². The van der Waals surface area contributed by atoms with Crippen LogP contribution in [0, 0.1) is 5.41 Å². The molecule has 1 aromatic rings. The Labute approximate surface area is 109 Å². The summed E-state index contributed by atoms with van der Waals surface area (Å²) >= 11 is 0. The van der Waals surface area contributed by atoms with Crippen LogP contribution < -0.4 is 15.4 Å². The SMILES string of the molecule is CCC1(CNc2ccc(OC)cn2)CCNCC1. The lowest BCUT2D eigenvalue weighted by Crippen LogP contribution is -2.40. The van der Waals surface area contributed by atoms with Gasteiger partial charge in [0.1, 0.15) is 11.6 Å². The maximum absolute atomic E-state index is 5.11. The summed E-state index contributed by atoms with van der Waals surface area (Å²) in [5, 5.41) is 6.89. The summed E-state index contributed by atoms with van der Waals surface area (Å²) in [6, 6.07) is 3.92. The van der Waals surface area contributed by atoms with E-state index >= 15 is 0 Å². The van der Waals surface area contributed by atoms with Crippen LogP contribution in [0.5, 0.6) is 5.75 Å². The molecule has 2 rings (SSSR count). The molecule has 0 atom stereocenters. The third kappa shape index (κ3) is 3.13. The Bertz CT molecular complexity index is 358. The highest BCUT2D eigenvalue weighted by atomic mass is 16.5. The van der Waals surface area contributed by atoms with E-state index in [1.54, 1.807) is 13.3 Å². The van der Waals surface area contributed by atoms with E-state index in [9.17, 15) is 0 Å². The summed E-state index contributed by atoms with van der Waals surface area (Å²) in [7, 11) is 1.66. The third-order valence-corrected chi connectivity index (χ3v) is 4.03. The zero-order valence-electron chi connectivity index (χ0n) is 11.3. The first-order valence-electron chi connectivity index (χ1n) is 6.73. The fraction of sp³-hybridized carbons (Fsp3) is 0.643. The highest BCUT2D eigenvalue weighted by Gasteiger charge is 2.29. The van der Waals surface area contributed by atoms with Crippen LogP contribution in [-0.4, -0.2) is 31.7 Å². The lowest BCUT2D eigenvalue weighted by atomic mass is 9.76. The van der Waals surface area contributed by atoms with Gasteiger partial charge in [0.05, 0.1) is 13.3 Å². The number of nitrogens with one attached hydrogen (secondary N) is 2. The van der Waals surface area contributed by atoms with Crippen LogP contribution >= 0.6 is 0 Å². The molecule has 1 aromatic heterocycles. The first-order chi connectivity index (χ1) is 8.78. The molecule has 2 N–H and O–H groups in total. The number of rotatable bonds is 5. The second-order valence-electron chi connectivity index (χ2n) is 5.04. The van der Waals surface area contributed by atoms with Crippen molar-refractivity contribution in [2.75, 3.05) is 32.1 Å². The third-order valence-electron chi connectivity index (χ3n) is 4.03. The van der Waals surface area contributed by atoms with Crippen molar-refractivity contribution in [3.8, 4) is 5.75 Å². The molecule has 4 nitrogen and oxygen atoms in total. The second-order valence-corrected chi connectivity index (χ2v) is 5.04. The summed E-state index contributed by atoms with van der Waals surface area (Å²) in [4.78, 5) is 4.35. The molecule has 1 fully saturated rings. The van der Waals surface area contributed by atoms with Crippen LogP contribution in [0.3, 0.4) is 0 Å². The van der Waals surface area contributed by atoms with Crippen molar-refractivity contribution in [2.45, 2.75) is 26.2 Å². The summed E-state index contributed by atoms with van der Waals surface area (Å²) in [5.41, 5.74) is 0.423. The van der Waals surface area contributed by atoms with E-state index in [0.29, 0.717) is 5.41 Å². The minimum Gasteiger partial charge on any atom is -0.495 e. The molecule has 0 radical (unpaired) electrons. The first-order valence-corrected chi connectivity index (χ1v) is 6.73. The van der Waals surface area contributed by atoms with Crippen molar-refractivity contribution >= 4 is 5.82 Å². The average Bonchev–Trinajstić information content (AvgIpc) is 2.47. The molecular formula is C14H23N3O. The number of hydrogen-bond acceptors (Lipinski definition) is 4. The molecule has 100 valence electrons. The normalized spacial score (nSPS) is 18.3. The van der Waals surface area contributed by atoms with Gasteiger partial charge < -0.3 is 15.4 Å². The van der Waals surface area contributed by atoms with Gasteiger partial charge in [-0.3, -0.25) is 0 Å². The molecule has 1 aliphatic heterocycles. The smallest absolute Gasteiger partial charge is 0.137 e. The van der Waals surface area contributed by atoms with Crippen molar-refractivity contribution < 1.29 is 4.74 Å². The molecule has 18 heavy (non-hydrogen) atoms. The Hall–Kier alpha value is -1.29. The summed E-state index contributed by atoms with van der Waals surface area (Å²) in [6.07, 6.45) is 5.46. The molecular weight excluding hydrogens is 226 g/mol. The van der Waals surface area contributed by atoms with Gasteiger partial charge in [-0.25, -0.2) is 4.98 Å². The monoisotopic (exact) mass is 249 g/mol. The van der Waals surface area contributed by atoms with E-state index in [1.165, 1.54) is 19.3 Å². The first kappa shape index (κ1) is 13.1. The van der Waals surface area contributed by atoms with Gasteiger partial charge in [0.2, 0.25) is 0 Å². The molecule has 0 bridgehead atoms. The van der Waals surface area contributed by atoms with Gasteiger partial charge in [-0.2, -0.15) is 0 Å². The standard InChI is InChI=1S/C14H23N3O/c1-3-14(6-8-15-9-7-14)11-17-13-5-4-12(18-2)10-16-13/h4-5,10,15H,3,6-9,11H2,1-2H3,(H,16,17). The number of aromatic nitrogens is 1. The minimum atomic E-state index is 0.423. The van der Waals surface area contributed by atoms with Crippen LogP contribution in [0.4, 0.5) is 5.82 Å². The number of nitrogens with zero attached hydrogens (tertiary/aromatic N) is 1. The van der Waals surface area contributed by atoms with Crippen molar-refractivity contribution in [1.82, 2.24) is 10.3 Å². The van der Waals surface area contributed by atoms with Crippen molar-refractivity contribution in [3.63, 3.8) is 0 Å². The quantitative estimate of drug-likeness (QED) is 0.840. The van der Waals surface area contributed by atoms with Crippen LogP contribution in [0.2, 0.25) is 0 Å². The van der Waals surface area contributed by atoms with Crippen LogP contribution in [0.1, 0.15) is 26.2 Å². The summed E-state index contributed by atoms with van der Waals surface area (Å²) in [5.74, 6) is 1.73. The van der Waals surface area contributed by atoms with Crippen molar-refractivity contribution in [1.29, 1.82) is 0 Å². The molecule has 0 amide bonds. The molecule has 0 aromatic carbocycles. The molecule has 0 saturated carbocycles. The maximum Gasteiger partial charge on any atom is 0.137 e. The average molecular weight is 249 g/mol. The number of pyridine rings is 1. The Balaban J connectivity index is 1.92. The van der Waals surface area contributed by atoms with E-state index in [-0.39, 0.29) is 0 Å². The minimum absolute atomic E-state index is 0.423. The zero-order chi connectivity index (χ0) is 12.8. The largest absolute Gasteiger partial charge is 0.495 e. The summed E-state index contributed by atoms with van der Waals surface area (Å²) in [6.45, 7) is 5.55. The number of piperidine rings is 1. The van der Waals surface area contributed by atoms with Gasteiger partial charge in [0, 0.05) is 6.54 Å². The molecule has 0 unspecified atom stereocenters. The fourth-order valence-corrected chi connectivity index (χ4v) is 2.50. The topological polar surface area (TPSA) is 46.2 Å². The van der Waals surface area contributed by atoms with Gasteiger partial charge in [-0.1, -0.05) is 6.92 Å². The van der Waals surface area contributed by atoms with Crippen LogP contribution in [0.15, 0.2) is 18.3 Å². The van der Waals surface area contributed by atoms with Gasteiger partial charge in [0.25, 0.3) is 0 Å². The molecule has 0 spiro atoms. The van der Waals surface area contributed by atoms with Gasteiger partial charge in [0.15, 0.2) is 0 Å². The van der Waals surface area contributed by atoms with Crippen LogP contribution in [-0.2, 0) is 0 Å². The zero-order valence-corrected chi connectivity index (χ0v) is 11.3. The van der Waals surface area contributed by atoms with E-state index < -0.39 is 0 Å². The Morgan fingerprint density at radius 3 is 2.72 bits per heavy atom. The second kappa shape index (κ2) is 6.05. The fourth-order valence-electron chi connectivity index (χ4n) is 2.50. The molecule has 1 aliphatic rings. The van der Waals surface area contributed by atoms with Crippen molar-refractivity contribution in [3.05, 3.63) is 18.3 Å².